The zero-order valence-corrected chi connectivity index (χ0v) is 18.6. The predicted molar refractivity (Wildman–Crippen MR) is 122 cm³/mol. The lowest BCUT2D eigenvalue weighted by Crippen LogP contribution is -3.00. The molecule has 1 N–H and O–H groups in total. The lowest BCUT2D eigenvalue weighted by molar-refractivity contribution is -0.634. The number of fused-ring (bicyclic) bond motifs is 2. The van der Waals surface area contributed by atoms with E-state index in [0.29, 0.717) is 0 Å². The van der Waals surface area contributed by atoms with Crippen molar-refractivity contribution in [1.82, 2.24) is 5.32 Å². The monoisotopic (exact) mass is 459 g/mol. The van der Waals surface area contributed by atoms with Crippen molar-refractivity contribution in [1.29, 1.82) is 0 Å². The van der Waals surface area contributed by atoms with Crippen molar-refractivity contribution in [2.75, 3.05) is 31.1 Å². The number of hydrogen-bond acceptors (Lipinski definition) is 2. The Kier molecular flexibility index (Phi) is 6.16. The van der Waals surface area contributed by atoms with Gasteiger partial charge in [0.2, 0.25) is 11.0 Å². The third-order valence-corrected chi connectivity index (χ3v) is 5.88. The van der Waals surface area contributed by atoms with E-state index in [1.807, 2.05) is 6.08 Å². The summed E-state index contributed by atoms with van der Waals surface area (Å²) in [5, 5.41) is 5.99. The van der Waals surface area contributed by atoms with Crippen molar-refractivity contribution < 1.29 is 21.5 Å². The Hall–Kier alpha value is -2.69. The third-order valence-electron chi connectivity index (χ3n) is 5.88. The van der Waals surface area contributed by atoms with Crippen LogP contribution in [-0.4, -0.2) is 26.2 Å². The molecule has 0 saturated carbocycles. The summed E-state index contributed by atoms with van der Waals surface area (Å²) in [4.78, 5) is 2.46. The minimum Gasteiger partial charge on any atom is -1.00 e. The standard InChI is InChI=1S/C26H26N3.BrH/c1-2-17-29-24-9-5-3-7-22(24)26(23-8-4-6-10-25(23)29)20-11-13-21(14-12-20)28-18-15-27-16-19-28;/h2-14,27H,1,15-19H2;1H/q+1;/p-1. The highest BCUT2D eigenvalue weighted by atomic mass is 79.9. The fourth-order valence-electron chi connectivity index (χ4n) is 4.51. The summed E-state index contributed by atoms with van der Waals surface area (Å²) in [6.45, 7) is 9.01. The highest BCUT2D eigenvalue weighted by Crippen LogP contribution is 2.35. The van der Waals surface area contributed by atoms with Crippen molar-refractivity contribution in [2.45, 2.75) is 6.54 Å². The number of piperazine rings is 1. The van der Waals surface area contributed by atoms with Gasteiger partial charge in [-0.1, -0.05) is 43.0 Å². The van der Waals surface area contributed by atoms with Crippen molar-refractivity contribution in [3.8, 4) is 11.1 Å². The molecular formula is C26H26BrN3. The Balaban J connectivity index is 0.00000218. The van der Waals surface area contributed by atoms with Crippen LogP contribution in [0.4, 0.5) is 5.69 Å². The zero-order chi connectivity index (χ0) is 19.6. The average Bonchev–Trinajstić information content (AvgIpc) is 2.80. The molecule has 0 spiro atoms. The molecule has 3 aromatic carbocycles. The normalized spacial score (nSPS) is 13.9. The Morgan fingerprint density at radius 3 is 1.97 bits per heavy atom. The van der Waals surface area contributed by atoms with Crippen LogP contribution in [0.15, 0.2) is 85.5 Å². The van der Waals surface area contributed by atoms with Crippen molar-refractivity contribution in [3.05, 3.63) is 85.5 Å². The summed E-state index contributed by atoms with van der Waals surface area (Å²) in [5.41, 5.74) is 6.37. The fourth-order valence-corrected chi connectivity index (χ4v) is 4.51. The van der Waals surface area contributed by atoms with Crippen LogP contribution in [0.25, 0.3) is 32.9 Å². The van der Waals surface area contributed by atoms with Gasteiger partial charge in [-0.05, 0) is 35.9 Å². The van der Waals surface area contributed by atoms with Crippen LogP contribution in [0.2, 0.25) is 0 Å². The summed E-state index contributed by atoms with van der Waals surface area (Å²) in [6, 6.07) is 26.5. The smallest absolute Gasteiger partial charge is 0.213 e. The van der Waals surface area contributed by atoms with Crippen molar-refractivity contribution in [3.63, 3.8) is 0 Å². The molecule has 30 heavy (non-hydrogen) atoms. The molecule has 0 aliphatic carbocycles. The summed E-state index contributed by atoms with van der Waals surface area (Å²) >= 11 is 0. The first-order chi connectivity index (χ1) is 14.4. The molecule has 5 rings (SSSR count). The zero-order valence-electron chi connectivity index (χ0n) is 17.0. The quantitative estimate of drug-likeness (QED) is 0.283. The molecule has 1 fully saturated rings. The minimum atomic E-state index is 0. The van der Waals surface area contributed by atoms with Gasteiger partial charge >= 0.3 is 0 Å². The van der Waals surface area contributed by atoms with Crippen LogP contribution < -0.4 is 31.8 Å². The Morgan fingerprint density at radius 2 is 1.40 bits per heavy atom. The van der Waals surface area contributed by atoms with Gasteiger partial charge in [-0.25, -0.2) is 0 Å². The molecule has 2 heterocycles. The second kappa shape index (κ2) is 8.99. The largest absolute Gasteiger partial charge is 1.00 e. The lowest BCUT2D eigenvalue weighted by atomic mass is 9.95. The van der Waals surface area contributed by atoms with Gasteiger partial charge in [0.15, 0.2) is 6.54 Å². The molecule has 0 unspecified atom stereocenters. The number of hydrogen-bond donors (Lipinski definition) is 1. The molecule has 0 atom stereocenters. The van der Waals surface area contributed by atoms with Gasteiger partial charge in [-0.2, -0.15) is 4.57 Å². The molecule has 4 aromatic rings. The van der Waals surface area contributed by atoms with Gasteiger partial charge in [0.1, 0.15) is 0 Å². The van der Waals surface area contributed by atoms with Crippen LogP contribution in [0.5, 0.6) is 0 Å². The van der Waals surface area contributed by atoms with E-state index in [1.54, 1.807) is 0 Å². The van der Waals surface area contributed by atoms with E-state index in [2.05, 4.69) is 94.2 Å². The van der Waals surface area contributed by atoms with E-state index in [9.17, 15) is 0 Å². The number of aromatic nitrogens is 1. The summed E-state index contributed by atoms with van der Waals surface area (Å²) < 4.78 is 2.36. The lowest BCUT2D eigenvalue weighted by Gasteiger charge is -2.29. The Labute approximate surface area is 188 Å². The fraction of sp³-hybridized carbons (Fsp3) is 0.192. The van der Waals surface area contributed by atoms with Crippen LogP contribution in [0.3, 0.4) is 0 Å². The average molecular weight is 460 g/mol. The van der Waals surface area contributed by atoms with Crippen LogP contribution in [0.1, 0.15) is 0 Å². The molecule has 4 heteroatoms. The third kappa shape index (κ3) is 3.62. The number of nitrogens with one attached hydrogen (secondary N) is 1. The van der Waals surface area contributed by atoms with Crippen LogP contribution in [-0.2, 0) is 6.54 Å². The second-order valence-corrected chi connectivity index (χ2v) is 7.59. The van der Waals surface area contributed by atoms with Crippen LogP contribution in [0, 0.1) is 0 Å². The maximum atomic E-state index is 3.97. The first-order valence-electron chi connectivity index (χ1n) is 10.4. The summed E-state index contributed by atoms with van der Waals surface area (Å²) in [6.07, 6.45) is 1.97. The maximum Gasteiger partial charge on any atom is 0.213 e. The molecule has 152 valence electrons. The van der Waals surface area contributed by atoms with Crippen molar-refractivity contribution >= 4 is 27.5 Å². The molecule has 3 nitrogen and oxygen atoms in total. The Morgan fingerprint density at radius 1 is 0.833 bits per heavy atom. The van der Waals surface area contributed by atoms with E-state index in [0.717, 1.165) is 32.7 Å². The topological polar surface area (TPSA) is 19.1 Å². The Bertz CT molecular complexity index is 1120. The molecule has 0 amide bonds. The number of anilines is 1. The predicted octanol–water partition coefficient (Wildman–Crippen LogP) is 1.55. The number of halogens is 1. The van der Waals surface area contributed by atoms with Crippen LogP contribution >= 0.6 is 0 Å². The summed E-state index contributed by atoms with van der Waals surface area (Å²) in [5.74, 6) is 0. The van der Waals surface area contributed by atoms with E-state index < -0.39 is 0 Å². The molecule has 1 aliphatic heterocycles. The van der Waals surface area contributed by atoms with Gasteiger partial charge in [0.25, 0.3) is 0 Å². The van der Waals surface area contributed by atoms with E-state index in [1.165, 1.54) is 38.6 Å². The number of benzene rings is 3. The first kappa shape index (κ1) is 20.6. The van der Waals surface area contributed by atoms with E-state index in [-0.39, 0.29) is 17.0 Å². The first-order valence-corrected chi connectivity index (χ1v) is 10.4. The van der Waals surface area contributed by atoms with Gasteiger partial charge in [-0.3, -0.25) is 0 Å². The number of rotatable bonds is 4. The van der Waals surface area contributed by atoms with Gasteiger partial charge in [-0.15, -0.1) is 0 Å². The van der Waals surface area contributed by atoms with Gasteiger partial charge in [0, 0.05) is 49.6 Å². The molecule has 0 bridgehead atoms. The molecule has 1 aliphatic rings. The molecule has 1 saturated heterocycles. The molecule has 1 aromatic heterocycles. The SMILES string of the molecule is C=CC[n+]1c2ccccc2c(-c2ccc(N3CCNCC3)cc2)c2ccccc21.[Br-]. The van der Waals surface area contributed by atoms with Crippen molar-refractivity contribution in [2.24, 2.45) is 0 Å². The highest BCUT2D eigenvalue weighted by Gasteiger charge is 2.20. The number of nitrogens with zero attached hydrogens (tertiary/aromatic N) is 2. The number of para-hydroxylation sites is 2. The summed E-state index contributed by atoms with van der Waals surface area (Å²) in [7, 11) is 0. The minimum absolute atomic E-state index is 0. The number of pyridine rings is 1. The second-order valence-electron chi connectivity index (χ2n) is 7.59. The highest BCUT2D eigenvalue weighted by molar-refractivity contribution is 6.07. The van der Waals surface area contributed by atoms with E-state index >= 15 is 0 Å². The van der Waals surface area contributed by atoms with E-state index in [4.69, 9.17) is 0 Å². The molecule has 0 radical (unpaired) electrons. The van der Waals surface area contributed by atoms with Gasteiger partial charge in [0.05, 0.1) is 10.8 Å². The maximum absolute atomic E-state index is 3.97. The number of allylic oxidation sites excluding steroid dienone is 1. The molecular weight excluding hydrogens is 434 g/mol. The van der Waals surface area contributed by atoms with Gasteiger partial charge < -0.3 is 27.2 Å².